The van der Waals surface area contributed by atoms with Gasteiger partial charge in [0.05, 0.1) is 0 Å². The second kappa shape index (κ2) is 5.68. The third-order valence-electron chi connectivity index (χ3n) is 4.52. The second-order valence-electron chi connectivity index (χ2n) is 6.52. The molecule has 0 bridgehead atoms. The highest BCUT2D eigenvalue weighted by Gasteiger charge is 2.49. The van der Waals surface area contributed by atoms with Crippen molar-refractivity contribution in [2.75, 3.05) is 33.9 Å². The smallest absolute Gasteiger partial charge is 0.0474 e. The van der Waals surface area contributed by atoms with E-state index in [-0.39, 0.29) is 5.54 Å². The molecule has 0 spiro atoms. The first-order valence-electron chi connectivity index (χ1n) is 6.78. The van der Waals surface area contributed by atoms with Crippen LogP contribution in [0.5, 0.6) is 0 Å². The van der Waals surface area contributed by atoms with Gasteiger partial charge < -0.3 is 10.5 Å². The molecule has 0 amide bonds. The molecule has 1 rings (SSSR count). The van der Waals surface area contributed by atoms with E-state index in [0.717, 1.165) is 26.1 Å². The first-order valence-corrected chi connectivity index (χ1v) is 6.78. The molecule has 2 unspecified atom stereocenters. The standard InChI is InChI=1S/C14H30N2O/c1-12-9-13(2,3)10-14(12,11-15)16(4)7-6-8-17-5/h12H,6-11,15H2,1-5H3. The molecule has 0 saturated heterocycles. The Bertz CT molecular complexity index is 242. The number of likely N-dealkylation sites (N-methyl/N-ethyl adjacent to an activating group) is 1. The fraction of sp³-hybridized carbons (Fsp3) is 1.00. The first kappa shape index (κ1) is 14.9. The lowest BCUT2D eigenvalue weighted by Crippen LogP contribution is -2.54. The van der Waals surface area contributed by atoms with Crippen LogP contribution in [-0.4, -0.2) is 44.3 Å². The summed E-state index contributed by atoms with van der Waals surface area (Å²) >= 11 is 0. The molecule has 1 fully saturated rings. The Hall–Kier alpha value is -0.120. The summed E-state index contributed by atoms with van der Waals surface area (Å²) in [5.74, 6) is 0.676. The molecule has 0 heterocycles. The van der Waals surface area contributed by atoms with Crippen LogP contribution in [0.15, 0.2) is 0 Å². The van der Waals surface area contributed by atoms with Crippen molar-refractivity contribution in [3.8, 4) is 0 Å². The molecule has 0 aromatic carbocycles. The quantitative estimate of drug-likeness (QED) is 0.725. The van der Waals surface area contributed by atoms with Gasteiger partial charge in [-0.3, -0.25) is 4.90 Å². The van der Waals surface area contributed by atoms with Crippen molar-refractivity contribution in [1.82, 2.24) is 4.90 Å². The number of hydrogen-bond donors (Lipinski definition) is 1. The lowest BCUT2D eigenvalue weighted by molar-refractivity contribution is 0.0744. The summed E-state index contributed by atoms with van der Waals surface area (Å²) in [4.78, 5) is 2.48. The number of ether oxygens (including phenoxy) is 1. The molecule has 1 saturated carbocycles. The largest absolute Gasteiger partial charge is 0.385 e. The third kappa shape index (κ3) is 3.21. The second-order valence-corrected chi connectivity index (χ2v) is 6.52. The van der Waals surface area contributed by atoms with E-state index in [1.807, 2.05) is 0 Å². The molecule has 0 aromatic heterocycles. The number of nitrogens with two attached hydrogens (primary N) is 1. The monoisotopic (exact) mass is 242 g/mol. The van der Waals surface area contributed by atoms with Gasteiger partial charge >= 0.3 is 0 Å². The zero-order valence-electron chi connectivity index (χ0n) is 12.3. The highest BCUT2D eigenvalue weighted by atomic mass is 16.5. The highest BCUT2D eigenvalue weighted by Crippen LogP contribution is 2.49. The van der Waals surface area contributed by atoms with Crippen molar-refractivity contribution in [2.45, 2.75) is 45.6 Å². The molecule has 0 aliphatic heterocycles. The Morgan fingerprint density at radius 3 is 2.47 bits per heavy atom. The van der Waals surface area contributed by atoms with Crippen molar-refractivity contribution in [1.29, 1.82) is 0 Å². The van der Waals surface area contributed by atoms with Gasteiger partial charge in [-0.05, 0) is 37.6 Å². The lowest BCUT2D eigenvalue weighted by Gasteiger charge is -2.42. The van der Waals surface area contributed by atoms with E-state index in [9.17, 15) is 0 Å². The van der Waals surface area contributed by atoms with Crippen molar-refractivity contribution in [3.05, 3.63) is 0 Å². The molecule has 3 nitrogen and oxygen atoms in total. The Morgan fingerprint density at radius 1 is 1.41 bits per heavy atom. The van der Waals surface area contributed by atoms with E-state index >= 15 is 0 Å². The molecule has 3 heteroatoms. The van der Waals surface area contributed by atoms with E-state index < -0.39 is 0 Å². The van der Waals surface area contributed by atoms with Crippen LogP contribution in [0.3, 0.4) is 0 Å². The average molecular weight is 242 g/mol. The molecular formula is C14H30N2O. The zero-order valence-corrected chi connectivity index (χ0v) is 12.3. The predicted molar refractivity (Wildman–Crippen MR) is 73.1 cm³/mol. The van der Waals surface area contributed by atoms with Crippen LogP contribution in [-0.2, 0) is 4.74 Å². The third-order valence-corrected chi connectivity index (χ3v) is 4.52. The van der Waals surface area contributed by atoms with Crippen LogP contribution in [0.25, 0.3) is 0 Å². The highest BCUT2D eigenvalue weighted by molar-refractivity contribution is 5.05. The summed E-state index contributed by atoms with van der Waals surface area (Å²) in [6.07, 6.45) is 3.57. The van der Waals surface area contributed by atoms with E-state index in [2.05, 4.69) is 32.7 Å². The molecule has 2 N–H and O–H groups in total. The normalized spacial score (nSPS) is 32.3. The fourth-order valence-corrected chi connectivity index (χ4v) is 3.70. The van der Waals surface area contributed by atoms with Gasteiger partial charge in [-0.25, -0.2) is 0 Å². The molecule has 1 aliphatic rings. The van der Waals surface area contributed by atoms with Crippen molar-refractivity contribution >= 4 is 0 Å². The number of rotatable bonds is 6. The van der Waals surface area contributed by atoms with Gasteiger partial charge in [-0.2, -0.15) is 0 Å². The number of hydrogen-bond acceptors (Lipinski definition) is 3. The van der Waals surface area contributed by atoms with Gasteiger partial charge in [0.1, 0.15) is 0 Å². The van der Waals surface area contributed by atoms with Crippen molar-refractivity contribution in [2.24, 2.45) is 17.1 Å². The van der Waals surface area contributed by atoms with E-state index in [4.69, 9.17) is 10.5 Å². The molecule has 17 heavy (non-hydrogen) atoms. The Morgan fingerprint density at radius 2 is 2.06 bits per heavy atom. The average Bonchev–Trinajstić information content (AvgIpc) is 2.49. The number of nitrogens with zero attached hydrogens (tertiary/aromatic N) is 1. The molecule has 1 aliphatic carbocycles. The van der Waals surface area contributed by atoms with Crippen molar-refractivity contribution < 1.29 is 4.74 Å². The first-order chi connectivity index (χ1) is 7.88. The Labute approximate surface area is 107 Å². The maximum absolute atomic E-state index is 6.11. The van der Waals surface area contributed by atoms with Gasteiger partial charge in [0.2, 0.25) is 0 Å². The lowest BCUT2D eigenvalue weighted by atomic mass is 9.85. The summed E-state index contributed by atoms with van der Waals surface area (Å²) in [6, 6.07) is 0. The molecule has 102 valence electrons. The topological polar surface area (TPSA) is 38.5 Å². The molecule has 0 aromatic rings. The molecular weight excluding hydrogens is 212 g/mol. The molecule has 0 radical (unpaired) electrons. The maximum atomic E-state index is 6.11. The van der Waals surface area contributed by atoms with Crippen molar-refractivity contribution in [3.63, 3.8) is 0 Å². The Balaban J connectivity index is 2.68. The van der Waals surface area contributed by atoms with Gasteiger partial charge in [0, 0.05) is 32.3 Å². The zero-order chi connectivity index (χ0) is 13.1. The Kier molecular flexibility index (Phi) is 4.99. The van der Waals surface area contributed by atoms with E-state index in [0.29, 0.717) is 11.3 Å². The van der Waals surface area contributed by atoms with Gasteiger partial charge in [0.25, 0.3) is 0 Å². The summed E-state index contributed by atoms with van der Waals surface area (Å²) in [5, 5.41) is 0. The maximum Gasteiger partial charge on any atom is 0.0474 e. The van der Waals surface area contributed by atoms with Crippen LogP contribution in [0.2, 0.25) is 0 Å². The predicted octanol–water partition coefficient (Wildman–Crippen LogP) is 2.11. The SMILES string of the molecule is COCCCN(C)C1(CN)CC(C)(C)CC1C. The summed E-state index contributed by atoms with van der Waals surface area (Å²) < 4.78 is 5.13. The molecule has 2 atom stereocenters. The minimum absolute atomic E-state index is 0.192. The van der Waals surface area contributed by atoms with Crippen LogP contribution in [0, 0.1) is 11.3 Å². The van der Waals surface area contributed by atoms with Gasteiger partial charge in [-0.1, -0.05) is 20.8 Å². The van der Waals surface area contributed by atoms with E-state index in [1.54, 1.807) is 7.11 Å². The van der Waals surface area contributed by atoms with Gasteiger partial charge in [-0.15, -0.1) is 0 Å². The summed E-state index contributed by atoms with van der Waals surface area (Å²) in [7, 11) is 3.99. The summed E-state index contributed by atoms with van der Waals surface area (Å²) in [6.45, 7) is 9.76. The minimum atomic E-state index is 0.192. The van der Waals surface area contributed by atoms with Crippen LogP contribution >= 0.6 is 0 Å². The van der Waals surface area contributed by atoms with Crippen LogP contribution < -0.4 is 5.73 Å². The minimum Gasteiger partial charge on any atom is -0.385 e. The van der Waals surface area contributed by atoms with Crippen LogP contribution in [0.4, 0.5) is 0 Å². The van der Waals surface area contributed by atoms with E-state index in [1.165, 1.54) is 12.8 Å². The van der Waals surface area contributed by atoms with Crippen LogP contribution in [0.1, 0.15) is 40.0 Å². The summed E-state index contributed by atoms with van der Waals surface area (Å²) in [5.41, 5.74) is 6.73. The fourth-order valence-electron chi connectivity index (χ4n) is 3.70. The number of methoxy groups -OCH3 is 1. The van der Waals surface area contributed by atoms with Gasteiger partial charge in [0.15, 0.2) is 0 Å².